The fourth-order valence-electron chi connectivity index (χ4n) is 3.03. The molecule has 0 aromatic heterocycles. The first kappa shape index (κ1) is 18.3. The van der Waals surface area contributed by atoms with Crippen LogP contribution in [-0.4, -0.2) is 44.1 Å². The van der Waals surface area contributed by atoms with Crippen molar-refractivity contribution in [3.8, 4) is 6.07 Å². The van der Waals surface area contributed by atoms with E-state index in [-0.39, 0.29) is 0 Å². The molecular formula is C19H29N5. The van der Waals surface area contributed by atoms with Crippen LogP contribution in [0.15, 0.2) is 29.3 Å². The van der Waals surface area contributed by atoms with Gasteiger partial charge in [-0.15, -0.1) is 0 Å². The fraction of sp³-hybridized carbons (Fsp3) is 0.579. The summed E-state index contributed by atoms with van der Waals surface area (Å²) in [5.74, 6) is 0.813. The maximum atomic E-state index is 8.94. The van der Waals surface area contributed by atoms with Crippen molar-refractivity contribution in [2.45, 2.75) is 38.6 Å². The number of nitrogens with one attached hydrogen (secondary N) is 2. The maximum absolute atomic E-state index is 8.94. The van der Waals surface area contributed by atoms with E-state index in [0.29, 0.717) is 12.1 Å². The summed E-state index contributed by atoms with van der Waals surface area (Å²) in [6, 6.07) is 9.81. The monoisotopic (exact) mass is 327 g/mol. The molecule has 1 aromatic rings. The average Bonchev–Trinajstić information content (AvgIpc) is 2.90. The van der Waals surface area contributed by atoms with Crippen LogP contribution >= 0.6 is 0 Å². The number of guanidine groups is 1. The van der Waals surface area contributed by atoms with Gasteiger partial charge in [-0.2, -0.15) is 5.26 Å². The van der Waals surface area contributed by atoms with E-state index in [9.17, 15) is 0 Å². The van der Waals surface area contributed by atoms with E-state index in [1.807, 2.05) is 24.3 Å². The molecule has 0 aliphatic carbocycles. The van der Waals surface area contributed by atoms with Crippen LogP contribution in [0.25, 0.3) is 0 Å². The van der Waals surface area contributed by atoms with Gasteiger partial charge in [0.1, 0.15) is 0 Å². The first-order chi connectivity index (χ1) is 11.8. The second-order valence-corrected chi connectivity index (χ2v) is 6.27. The summed E-state index contributed by atoms with van der Waals surface area (Å²) in [6.07, 6.45) is 6.60. The molecule has 1 saturated heterocycles. The standard InChI is InChI=1S/C19H29N5/c1-21-19(23-16-18-9-6-8-17(14-18)15-20)22-10-7-13-24-11-4-2-3-5-12-24/h6,8-9,14H,2-5,7,10-13,16H2,1H3,(H2,21,22,23). The van der Waals surface area contributed by atoms with Gasteiger partial charge < -0.3 is 15.5 Å². The Morgan fingerprint density at radius 3 is 2.71 bits per heavy atom. The lowest BCUT2D eigenvalue weighted by Crippen LogP contribution is -2.38. The van der Waals surface area contributed by atoms with Crippen LogP contribution in [0.5, 0.6) is 0 Å². The summed E-state index contributed by atoms with van der Waals surface area (Å²) in [5, 5.41) is 15.6. The zero-order valence-corrected chi connectivity index (χ0v) is 14.7. The van der Waals surface area contributed by atoms with Crippen molar-refractivity contribution in [3.05, 3.63) is 35.4 Å². The lowest BCUT2D eigenvalue weighted by Gasteiger charge is -2.20. The highest BCUT2D eigenvalue weighted by atomic mass is 15.2. The molecular weight excluding hydrogens is 298 g/mol. The molecule has 24 heavy (non-hydrogen) atoms. The van der Waals surface area contributed by atoms with Gasteiger partial charge in [0.05, 0.1) is 11.6 Å². The van der Waals surface area contributed by atoms with Gasteiger partial charge in [-0.05, 0) is 56.6 Å². The fourth-order valence-corrected chi connectivity index (χ4v) is 3.03. The SMILES string of the molecule is CN=C(NCCCN1CCCCCC1)NCc1cccc(C#N)c1. The first-order valence-electron chi connectivity index (χ1n) is 8.98. The first-order valence-corrected chi connectivity index (χ1v) is 8.98. The van der Waals surface area contributed by atoms with Gasteiger partial charge >= 0.3 is 0 Å². The third-order valence-electron chi connectivity index (χ3n) is 4.38. The third-order valence-corrected chi connectivity index (χ3v) is 4.38. The Morgan fingerprint density at radius 2 is 2.00 bits per heavy atom. The van der Waals surface area contributed by atoms with Crippen LogP contribution in [0, 0.1) is 11.3 Å². The minimum absolute atomic E-state index is 0.668. The van der Waals surface area contributed by atoms with Crippen molar-refractivity contribution in [2.75, 3.05) is 33.2 Å². The van der Waals surface area contributed by atoms with Gasteiger partial charge in [0.2, 0.25) is 0 Å². The summed E-state index contributed by atoms with van der Waals surface area (Å²) in [7, 11) is 1.79. The molecule has 0 unspecified atom stereocenters. The molecule has 130 valence electrons. The predicted octanol–water partition coefficient (Wildman–Crippen LogP) is 2.49. The number of nitrogens with zero attached hydrogens (tertiary/aromatic N) is 3. The van der Waals surface area contributed by atoms with Crippen molar-refractivity contribution in [1.82, 2.24) is 15.5 Å². The van der Waals surface area contributed by atoms with Gasteiger partial charge in [-0.25, -0.2) is 0 Å². The van der Waals surface area contributed by atoms with Crippen molar-refractivity contribution in [1.29, 1.82) is 5.26 Å². The van der Waals surface area contributed by atoms with Crippen LogP contribution in [-0.2, 0) is 6.54 Å². The molecule has 0 spiro atoms. The minimum atomic E-state index is 0.668. The van der Waals surface area contributed by atoms with Gasteiger partial charge in [0.15, 0.2) is 5.96 Å². The number of hydrogen-bond donors (Lipinski definition) is 2. The normalized spacial score (nSPS) is 16.2. The summed E-state index contributed by atoms with van der Waals surface area (Å²) in [5.41, 5.74) is 1.77. The van der Waals surface area contributed by atoms with Crippen LogP contribution in [0.1, 0.15) is 43.2 Å². The van der Waals surface area contributed by atoms with Crippen LogP contribution in [0.4, 0.5) is 0 Å². The summed E-state index contributed by atoms with van der Waals surface area (Å²) in [6.45, 7) is 5.26. The highest BCUT2D eigenvalue weighted by Gasteiger charge is 2.08. The largest absolute Gasteiger partial charge is 0.356 e. The highest BCUT2D eigenvalue weighted by molar-refractivity contribution is 5.79. The molecule has 1 aliphatic heterocycles. The second-order valence-electron chi connectivity index (χ2n) is 6.27. The lowest BCUT2D eigenvalue weighted by molar-refractivity contribution is 0.282. The molecule has 0 saturated carbocycles. The molecule has 1 fully saturated rings. The maximum Gasteiger partial charge on any atom is 0.191 e. The smallest absolute Gasteiger partial charge is 0.191 e. The van der Waals surface area contributed by atoms with Crippen LogP contribution in [0.2, 0.25) is 0 Å². The summed E-state index contributed by atoms with van der Waals surface area (Å²) >= 11 is 0. The van der Waals surface area contributed by atoms with E-state index in [1.54, 1.807) is 7.05 Å². The van der Waals surface area contributed by atoms with Crippen LogP contribution in [0.3, 0.4) is 0 Å². The number of benzene rings is 1. The Hall–Kier alpha value is -2.06. The van der Waals surface area contributed by atoms with Gasteiger partial charge in [0, 0.05) is 20.1 Å². The summed E-state index contributed by atoms with van der Waals surface area (Å²) < 4.78 is 0. The number of hydrogen-bond acceptors (Lipinski definition) is 3. The van der Waals surface area contributed by atoms with Gasteiger partial charge in [0.25, 0.3) is 0 Å². The molecule has 1 aromatic carbocycles. The third kappa shape index (κ3) is 6.59. The van der Waals surface area contributed by atoms with E-state index in [4.69, 9.17) is 5.26 Å². The second kappa shape index (κ2) is 10.7. The Bertz CT molecular complexity index is 553. The molecule has 0 atom stereocenters. The Labute approximate surface area is 145 Å². The molecule has 2 N–H and O–H groups in total. The van der Waals surface area contributed by atoms with Gasteiger partial charge in [-0.1, -0.05) is 25.0 Å². The zero-order valence-electron chi connectivity index (χ0n) is 14.7. The Morgan fingerprint density at radius 1 is 1.21 bits per heavy atom. The number of likely N-dealkylation sites (tertiary alicyclic amines) is 1. The molecule has 1 aliphatic rings. The molecule has 0 radical (unpaired) electrons. The van der Waals surface area contributed by atoms with Crippen molar-refractivity contribution in [3.63, 3.8) is 0 Å². The average molecular weight is 327 g/mol. The topological polar surface area (TPSA) is 63.5 Å². The molecule has 5 nitrogen and oxygen atoms in total. The lowest BCUT2D eigenvalue weighted by atomic mass is 10.1. The highest BCUT2D eigenvalue weighted by Crippen LogP contribution is 2.09. The Balaban J connectivity index is 1.66. The Kier molecular flexibility index (Phi) is 8.12. The van der Waals surface area contributed by atoms with E-state index < -0.39 is 0 Å². The number of aliphatic imine (C=N–C) groups is 1. The van der Waals surface area contributed by atoms with E-state index >= 15 is 0 Å². The van der Waals surface area contributed by atoms with Crippen molar-refractivity contribution < 1.29 is 0 Å². The van der Waals surface area contributed by atoms with Gasteiger partial charge in [-0.3, -0.25) is 4.99 Å². The quantitative estimate of drug-likeness (QED) is 0.479. The van der Waals surface area contributed by atoms with E-state index in [0.717, 1.165) is 31.0 Å². The number of nitriles is 1. The molecule has 2 rings (SSSR count). The minimum Gasteiger partial charge on any atom is -0.356 e. The van der Waals surface area contributed by atoms with Crippen molar-refractivity contribution >= 4 is 5.96 Å². The molecule has 0 bridgehead atoms. The zero-order chi connectivity index (χ0) is 17.0. The summed E-state index contributed by atoms with van der Waals surface area (Å²) in [4.78, 5) is 6.84. The van der Waals surface area contributed by atoms with Crippen LogP contribution < -0.4 is 10.6 Å². The van der Waals surface area contributed by atoms with E-state index in [2.05, 4.69) is 26.6 Å². The van der Waals surface area contributed by atoms with Crippen molar-refractivity contribution in [2.24, 2.45) is 4.99 Å². The predicted molar refractivity (Wildman–Crippen MR) is 98.9 cm³/mol. The molecule has 5 heteroatoms. The molecule has 0 amide bonds. The number of rotatable bonds is 6. The van der Waals surface area contributed by atoms with E-state index in [1.165, 1.54) is 38.8 Å². The molecule has 1 heterocycles.